The van der Waals surface area contributed by atoms with E-state index >= 15 is 0 Å². The molecule has 0 saturated carbocycles. The molecule has 1 aromatic heterocycles. The van der Waals surface area contributed by atoms with Crippen molar-refractivity contribution in [3.8, 4) is 0 Å². The molecule has 0 fully saturated rings. The van der Waals surface area contributed by atoms with Crippen LogP contribution in [0.5, 0.6) is 0 Å². The van der Waals surface area contributed by atoms with E-state index in [0.29, 0.717) is 11.9 Å². The number of halogens is 1. The van der Waals surface area contributed by atoms with E-state index in [1.807, 2.05) is 0 Å². The Morgan fingerprint density at radius 3 is 2.47 bits per heavy atom. The summed E-state index contributed by atoms with van der Waals surface area (Å²) in [6, 6.07) is 0.492. The maximum Gasteiger partial charge on any atom is 0.147 e. The van der Waals surface area contributed by atoms with Crippen LogP contribution >= 0.6 is 11.6 Å². The Balaban J connectivity index is 2.83. The van der Waals surface area contributed by atoms with Crippen LogP contribution in [0.1, 0.15) is 32.9 Å². The van der Waals surface area contributed by atoms with Crippen molar-refractivity contribution < 1.29 is 0 Å². The third-order valence-electron chi connectivity index (χ3n) is 2.59. The minimum Gasteiger partial charge on any atom is -0.353 e. The van der Waals surface area contributed by atoms with Crippen LogP contribution in [-0.4, -0.2) is 22.6 Å². The van der Waals surface area contributed by atoms with E-state index in [0.717, 1.165) is 24.5 Å². The highest BCUT2D eigenvalue weighted by Gasteiger charge is 2.12. The van der Waals surface area contributed by atoms with Gasteiger partial charge in [0.1, 0.15) is 5.82 Å². The average Bonchev–Trinajstić information content (AvgIpc) is 2.30. The summed E-state index contributed by atoms with van der Waals surface area (Å²) in [4.78, 5) is 10.9. The molecule has 1 aromatic rings. The minimum atomic E-state index is 0.419. The molecule has 15 heavy (non-hydrogen) atoms. The number of rotatable bonds is 5. The average molecular weight is 228 g/mol. The first-order chi connectivity index (χ1) is 7.22. The van der Waals surface area contributed by atoms with Crippen LogP contribution < -0.4 is 4.90 Å². The van der Waals surface area contributed by atoms with E-state index in [-0.39, 0.29) is 0 Å². The molecule has 1 unspecified atom stereocenters. The summed E-state index contributed by atoms with van der Waals surface area (Å²) in [6.45, 7) is 7.45. The number of hydrogen-bond acceptors (Lipinski definition) is 3. The highest BCUT2D eigenvalue weighted by molar-refractivity contribution is 6.16. The van der Waals surface area contributed by atoms with Crippen molar-refractivity contribution in [1.82, 2.24) is 9.97 Å². The van der Waals surface area contributed by atoms with Crippen molar-refractivity contribution in [3.05, 3.63) is 18.1 Å². The Bertz CT molecular complexity index is 286. The summed E-state index contributed by atoms with van der Waals surface area (Å²) in [5.41, 5.74) is 0.820. The van der Waals surface area contributed by atoms with Gasteiger partial charge in [-0.05, 0) is 20.3 Å². The summed E-state index contributed by atoms with van der Waals surface area (Å²) < 4.78 is 0. The number of hydrogen-bond donors (Lipinski definition) is 0. The standard InChI is InChI=1S/C11H18ClN3/c1-4-9(3)15(5-2)11-8-13-10(6-12)7-14-11/h7-9H,4-6H2,1-3H3. The second-order valence-electron chi connectivity index (χ2n) is 3.54. The lowest BCUT2D eigenvalue weighted by Crippen LogP contribution is -2.33. The number of alkyl halides is 1. The van der Waals surface area contributed by atoms with Gasteiger partial charge in [-0.3, -0.25) is 4.98 Å². The Morgan fingerprint density at radius 2 is 2.07 bits per heavy atom. The van der Waals surface area contributed by atoms with Crippen LogP contribution in [0.3, 0.4) is 0 Å². The molecule has 0 aliphatic rings. The zero-order valence-electron chi connectivity index (χ0n) is 9.57. The summed E-state index contributed by atoms with van der Waals surface area (Å²) in [7, 11) is 0. The van der Waals surface area contributed by atoms with Crippen LogP contribution in [0.2, 0.25) is 0 Å². The molecule has 0 spiro atoms. The van der Waals surface area contributed by atoms with E-state index in [2.05, 4.69) is 35.6 Å². The highest BCUT2D eigenvalue weighted by Crippen LogP contribution is 2.14. The normalized spacial score (nSPS) is 12.5. The zero-order valence-corrected chi connectivity index (χ0v) is 10.3. The smallest absolute Gasteiger partial charge is 0.147 e. The third-order valence-corrected chi connectivity index (χ3v) is 2.86. The topological polar surface area (TPSA) is 29.0 Å². The lowest BCUT2D eigenvalue weighted by molar-refractivity contribution is 0.621. The zero-order chi connectivity index (χ0) is 11.3. The van der Waals surface area contributed by atoms with Crippen molar-refractivity contribution >= 4 is 17.4 Å². The molecule has 0 aliphatic heterocycles. The molecule has 4 heteroatoms. The Kier molecular flexibility index (Phi) is 4.82. The molecular weight excluding hydrogens is 210 g/mol. The van der Waals surface area contributed by atoms with Gasteiger partial charge in [0.05, 0.1) is 24.0 Å². The number of anilines is 1. The van der Waals surface area contributed by atoms with Crippen LogP contribution in [0.4, 0.5) is 5.82 Å². The molecule has 0 aliphatic carbocycles. The maximum atomic E-state index is 5.67. The number of aromatic nitrogens is 2. The first-order valence-electron chi connectivity index (χ1n) is 5.36. The molecule has 0 radical (unpaired) electrons. The lowest BCUT2D eigenvalue weighted by Gasteiger charge is -2.27. The van der Waals surface area contributed by atoms with Gasteiger partial charge in [0.25, 0.3) is 0 Å². The van der Waals surface area contributed by atoms with Crippen LogP contribution in [-0.2, 0) is 5.88 Å². The first kappa shape index (κ1) is 12.2. The molecule has 84 valence electrons. The van der Waals surface area contributed by atoms with E-state index < -0.39 is 0 Å². The van der Waals surface area contributed by atoms with Gasteiger partial charge in [0.15, 0.2) is 0 Å². The van der Waals surface area contributed by atoms with Crippen LogP contribution in [0.25, 0.3) is 0 Å². The fourth-order valence-corrected chi connectivity index (χ4v) is 1.62. The largest absolute Gasteiger partial charge is 0.353 e. The first-order valence-corrected chi connectivity index (χ1v) is 5.89. The molecule has 1 rings (SSSR count). The lowest BCUT2D eigenvalue weighted by atomic mass is 10.2. The molecular formula is C11H18ClN3. The van der Waals surface area contributed by atoms with Crippen molar-refractivity contribution in [3.63, 3.8) is 0 Å². The van der Waals surface area contributed by atoms with Gasteiger partial charge in [-0.2, -0.15) is 0 Å². The molecule has 3 nitrogen and oxygen atoms in total. The Hall–Kier alpha value is -0.830. The summed E-state index contributed by atoms with van der Waals surface area (Å²) in [5, 5.41) is 0. The predicted molar refractivity (Wildman–Crippen MR) is 64.4 cm³/mol. The van der Waals surface area contributed by atoms with Crippen LogP contribution in [0.15, 0.2) is 12.4 Å². The Morgan fingerprint density at radius 1 is 1.33 bits per heavy atom. The van der Waals surface area contributed by atoms with Gasteiger partial charge in [0.2, 0.25) is 0 Å². The fraction of sp³-hybridized carbons (Fsp3) is 0.636. The van der Waals surface area contributed by atoms with Crippen molar-refractivity contribution in [1.29, 1.82) is 0 Å². The SMILES string of the molecule is CCC(C)N(CC)c1cnc(CCl)cn1. The quantitative estimate of drug-likeness (QED) is 0.725. The van der Waals surface area contributed by atoms with Crippen molar-refractivity contribution in [2.75, 3.05) is 11.4 Å². The predicted octanol–water partition coefficient (Wildman–Crippen LogP) is 2.84. The van der Waals surface area contributed by atoms with Gasteiger partial charge in [-0.1, -0.05) is 6.92 Å². The van der Waals surface area contributed by atoms with E-state index in [1.54, 1.807) is 12.4 Å². The monoisotopic (exact) mass is 227 g/mol. The van der Waals surface area contributed by atoms with E-state index in [4.69, 9.17) is 11.6 Å². The summed E-state index contributed by atoms with van der Waals surface area (Å²) in [5.74, 6) is 1.35. The minimum absolute atomic E-state index is 0.419. The van der Waals surface area contributed by atoms with Gasteiger partial charge >= 0.3 is 0 Å². The summed E-state index contributed by atoms with van der Waals surface area (Å²) in [6.07, 6.45) is 4.65. The molecule has 0 amide bonds. The number of nitrogens with zero attached hydrogens (tertiary/aromatic N) is 3. The van der Waals surface area contributed by atoms with Gasteiger partial charge < -0.3 is 4.90 Å². The highest BCUT2D eigenvalue weighted by atomic mass is 35.5. The third kappa shape index (κ3) is 3.06. The van der Waals surface area contributed by atoms with E-state index in [9.17, 15) is 0 Å². The second-order valence-corrected chi connectivity index (χ2v) is 3.81. The fourth-order valence-electron chi connectivity index (χ4n) is 1.49. The maximum absolute atomic E-state index is 5.67. The Labute approximate surface area is 96.5 Å². The van der Waals surface area contributed by atoms with Crippen molar-refractivity contribution in [2.45, 2.75) is 39.1 Å². The van der Waals surface area contributed by atoms with Gasteiger partial charge in [-0.25, -0.2) is 4.98 Å². The molecule has 0 N–H and O–H groups in total. The summed E-state index contributed by atoms with van der Waals surface area (Å²) >= 11 is 5.67. The van der Waals surface area contributed by atoms with Crippen molar-refractivity contribution in [2.24, 2.45) is 0 Å². The van der Waals surface area contributed by atoms with Crippen LogP contribution in [0, 0.1) is 0 Å². The second kappa shape index (κ2) is 5.91. The molecule has 1 atom stereocenters. The van der Waals surface area contributed by atoms with E-state index in [1.165, 1.54) is 0 Å². The van der Waals surface area contributed by atoms with Gasteiger partial charge in [0, 0.05) is 12.6 Å². The molecule has 1 heterocycles. The van der Waals surface area contributed by atoms with Gasteiger partial charge in [-0.15, -0.1) is 11.6 Å². The molecule has 0 bridgehead atoms. The molecule has 0 aromatic carbocycles. The molecule has 0 saturated heterocycles.